The van der Waals surface area contributed by atoms with E-state index in [1.807, 2.05) is 34.6 Å². The molecule has 1 saturated heterocycles. The molecule has 1 aromatic carbocycles. The molecule has 0 aliphatic carbocycles. The lowest BCUT2D eigenvalue weighted by Crippen LogP contribution is -2.30. The number of halogens is 1. The summed E-state index contributed by atoms with van der Waals surface area (Å²) >= 11 is 0. The molecule has 3 aromatic heterocycles. The summed E-state index contributed by atoms with van der Waals surface area (Å²) in [6, 6.07) is 3.44. The van der Waals surface area contributed by atoms with Crippen molar-refractivity contribution in [2.24, 2.45) is 0 Å². The second-order valence-electron chi connectivity index (χ2n) is 7.93. The minimum atomic E-state index is -0.237. The Hall–Kier alpha value is -3.46. The first-order valence-electron chi connectivity index (χ1n) is 10.3. The van der Waals surface area contributed by atoms with Crippen LogP contribution in [0.4, 0.5) is 10.3 Å². The van der Waals surface area contributed by atoms with Crippen molar-refractivity contribution in [3.8, 4) is 16.9 Å². The van der Waals surface area contributed by atoms with Gasteiger partial charge in [-0.25, -0.2) is 14.4 Å². The van der Waals surface area contributed by atoms with Crippen LogP contribution in [0.1, 0.15) is 22.9 Å². The molecule has 0 spiro atoms. The fourth-order valence-corrected chi connectivity index (χ4v) is 4.16. The third-order valence-corrected chi connectivity index (χ3v) is 5.88. The van der Waals surface area contributed by atoms with Crippen LogP contribution in [0.15, 0.2) is 36.9 Å². The fraction of sp³-hybridized carbons (Fsp3) is 0.318. The number of hydrogen-bond acceptors (Lipinski definition) is 6. The van der Waals surface area contributed by atoms with Crippen LogP contribution in [0.5, 0.6) is 5.75 Å². The number of rotatable bonds is 5. The number of aromatic nitrogens is 5. The van der Waals surface area contributed by atoms with Crippen molar-refractivity contribution in [1.82, 2.24) is 24.1 Å². The molecule has 0 saturated carbocycles. The second kappa shape index (κ2) is 7.05. The topological polar surface area (TPSA) is 78.5 Å². The average molecular weight is 420 g/mol. The van der Waals surface area contributed by atoms with Gasteiger partial charge in [0.25, 0.3) is 0 Å². The molecule has 0 unspecified atom stereocenters. The van der Waals surface area contributed by atoms with Crippen molar-refractivity contribution in [2.45, 2.75) is 25.9 Å². The van der Waals surface area contributed by atoms with E-state index in [0.29, 0.717) is 44.3 Å². The standard InChI is InChI=1S/C22H21FN6O2/c1-13-9-28-21(27-13)17(14-6-26-29(10-14)15-11-30-12-15)7-24-22(28)25-8-18-16-4-5-31-20(16)3-2-19(18)23/h2-3,6-7,9-10,15H,4-5,8,11-12H2,1H3,(H,24,25). The Kier molecular flexibility index (Phi) is 4.17. The number of nitrogens with zero attached hydrogens (tertiary/aromatic N) is 5. The first-order chi connectivity index (χ1) is 15.2. The predicted molar refractivity (Wildman–Crippen MR) is 112 cm³/mol. The summed E-state index contributed by atoms with van der Waals surface area (Å²) in [4.78, 5) is 9.32. The summed E-state index contributed by atoms with van der Waals surface area (Å²) in [5, 5.41) is 7.76. The van der Waals surface area contributed by atoms with Gasteiger partial charge in [0.1, 0.15) is 17.2 Å². The SMILES string of the molecule is Cc1cn2c(NCc3c(F)ccc4c3CCO4)ncc(-c3cnn(C4COC4)c3)c2n1. The molecule has 1 N–H and O–H groups in total. The summed E-state index contributed by atoms with van der Waals surface area (Å²) in [6.45, 7) is 4.22. The molecule has 8 nitrogen and oxygen atoms in total. The highest BCUT2D eigenvalue weighted by Gasteiger charge is 2.23. The normalized spacial score (nSPS) is 15.7. The lowest BCUT2D eigenvalue weighted by Gasteiger charge is -2.25. The lowest BCUT2D eigenvalue weighted by molar-refractivity contribution is -0.0286. The minimum absolute atomic E-state index is 0.237. The van der Waals surface area contributed by atoms with E-state index in [0.717, 1.165) is 33.8 Å². The zero-order valence-electron chi connectivity index (χ0n) is 17.0. The molecule has 0 radical (unpaired) electrons. The van der Waals surface area contributed by atoms with Crippen LogP contribution < -0.4 is 10.1 Å². The largest absolute Gasteiger partial charge is 0.493 e. The molecule has 4 aromatic rings. The highest BCUT2D eigenvalue weighted by atomic mass is 19.1. The molecular formula is C22H21FN6O2. The van der Waals surface area contributed by atoms with Crippen LogP contribution in [-0.2, 0) is 17.7 Å². The molecular weight excluding hydrogens is 399 g/mol. The number of hydrogen-bond donors (Lipinski definition) is 1. The van der Waals surface area contributed by atoms with Crippen molar-refractivity contribution in [3.05, 3.63) is 59.6 Å². The number of imidazole rings is 1. The maximum absolute atomic E-state index is 14.5. The number of aryl methyl sites for hydroxylation is 1. The summed E-state index contributed by atoms with van der Waals surface area (Å²) in [5.41, 5.74) is 5.04. The molecule has 5 heterocycles. The number of fused-ring (bicyclic) bond motifs is 2. The van der Waals surface area contributed by atoms with Gasteiger partial charge in [0.15, 0.2) is 0 Å². The van der Waals surface area contributed by atoms with E-state index >= 15 is 0 Å². The van der Waals surface area contributed by atoms with E-state index in [4.69, 9.17) is 14.5 Å². The van der Waals surface area contributed by atoms with E-state index in [-0.39, 0.29) is 11.9 Å². The van der Waals surface area contributed by atoms with Gasteiger partial charge in [-0.05, 0) is 19.1 Å². The van der Waals surface area contributed by atoms with Crippen LogP contribution >= 0.6 is 0 Å². The number of nitrogens with one attached hydrogen (secondary N) is 1. The van der Waals surface area contributed by atoms with Gasteiger partial charge in [0.2, 0.25) is 5.95 Å². The Bertz CT molecular complexity index is 1290. The Morgan fingerprint density at radius 1 is 1.23 bits per heavy atom. The van der Waals surface area contributed by atoms with Crippen molar-refractivity contribution >= 4 is 11.6 Å². The predicted octanol–water partition coefficient (Wildman–Crippen LogP) is 3.16. The molecule has 0 amide bonds. The van der Waals surface area contributed by atoms with Crippen LogP contribution in [0.25, 0.3) is 16.8 Å². The van der Waals surface area contributed by atoms with Crippen LogP contribution in [0.2, 0.25) is 0 Å². The third kappa shape index (κ3) is 3.04. The molecule has 1 fully saturated rings. The first kappa shape index (κ1) is 18.3. The smallest absolute Gasteiger partial charge is 0.208 e. The van der Waals surface area contributed by atoms with E-state index in [1.165, 1.54) is 6.07 Å². The maximum Gasteiger partial charge on any atom is 0.208 e. The Labute approximate surface area is 177 Å². The molecule has 2 aliphatic heterocycles. The monoisotopic (exact) mass is 420 g/mol. The van der Waals surface area contributed by atoms with Gasteiger partial charge in [-0.3, -0.25) is 9.08 Å². The van der Waals surface area contributed by atoms with Gasteiger partial charge < -0.3 is 14.8 Å². The van der Waals surface area contributed by atoms with Crippen molar-refractivity contribution in [3.63, 3.8) is 0 Å². The number of ether oxygens (including phenoxy) is 2. The second-order valence-corrected chi connectivity index (χ2v) is 7.93. The Morgan fingerprint density at radius 3 is 2.97 bits per heavy atom. The average Bonchev–Trinajstić information content (AvgIpc) is 3.45. The molecule has 0 atom stereocenters. The fourth-order valence-electron chi connectivity index (χ4n) is 4.16. The van der Waals surface area contributed by atoms with Gasteiger partial charge in [-0.2, -0.15) is 5.10 Å². The third-order valence-electron chi connectivity index (χ3n) is 5.88. The summed E-state index contributed by atoms with van der Waals surface area (Å²) in [5.74, 6) is 1.13. The van der Waals surface area contributed by atoms with Gasteiger partial charge in [0.05, 0.1) is 37.8 Å². The van der Waals surface area contributed by atoms with Crippen LogP contribution in [-0.4, -0.2) is 44.0 Å². The van der Waals surface area contributed by atoms with Crippen molar-refractivity contribution in [2.75, 3.05) is 25.1 Å². The Balaban J connectivity index is 1.34. The van der Waals surface area contributed by atoms with E-state index < -0.39 is 0 Å². The molecule has 31 heavy (non-hydrogen) atoms. The maximum atomic E-state index is 14.5. The van der Waals surface area contributed by atoms with Gasteiger partial charge in [-0.15, -0.1) is 0 Å². The Morgan fingerprint density at radius 2 is 2.13 bits per heavy atom. The van der Waals surface area contributed by atoms with Crippen molar-refractivity contribution in [1.29, 1.82) is 0 Å². The lowest BCUT2D eigenvalue weighted by atomic mass is 10.0. The highest BCUT2D eigenvalue weighted by Crippen LogP contribution is 2.31. The van der Waals surface area contributed by atoms with Gasteiger partial charge in [-0.1, -0.05) is 0 Å². The van der Waals surface area contributed by atoms with E-state index in [9.17, 15) is 4.39 Å². The molecule has 2 aliphatic rings. The summed E-state index contributed by atoms with van der Waals surface area (Å²) in [6.07, 6.45) is 8.26. The van der Waals surface area contributed by atoms with E-state index in [1.54, 1.807) is 12.3 Å². The zero-order chi connectivity index (χ0) is 20.9. The van der Waals surface area contributed by atoms with Gasteiger partial charge >= 0.3 is 0 Å². The summed E-state index contributed by atoms with van der Waals surface area (Å²) in [7, 11) is 0. The first-order valence-corrected chi connectivity index (χ1v) is 10.3. The van der Waals surface area contributed by atoms with Crippen LogP contribution in [0, 0.1) is 12.7 Å². The number of benzene rings is 1. The van der Waals surface area contributed by atoms with Crippen LogP contribution in [0.3, 0.4) is 0 Å². The number of anilines is 1. The molecule has 158 valence electrons. The molecule has 6 rings (SSSR count). The molecule has 0 bridgehead atoms. The minimum Gasteiger partial charge on any atom is -0.493 e. The zero-order valence-corrected chi connectivity index (χ0v) is 17.0. The van der Waals surface area contributed by atoms with Gasteiger partial charge in [0, 0.05) is 53.8 Å². The summed E-state index contributed by atoms with van der Waals surface area (Å²) < 4.78 is 29.2. The highest BCUT2D eigenvalue weighted by molar-refractivity contribution is 5.77. The molecule has 9 heteroatoms. The van der Waals surface area contributed by atoms with E-state index in [2.05, 4.69) is 15.4 Å². The van der Waals surface area contributed by atoms with Crippen molar-refractivity contribution < 1.29 is 13.9 Å². The quantitative estimate of drug-likeness (QED) is 0.534.